The van der Waals surface area contributed by atoms with Crippen molar-refractivity contribution in [3.63, 3.8) is 0 Å². The molecule has 39 heavy (non-hydrogen) atoms. The number of hydrogen-bond acceptors (Lipinski definition) is 10. The van der Waals surface area contributed by atoms with E-state index < -0.39 is 6.09 Å². The van der Waals surface area contributed by atoms with Gasteiger partial charge in [-0.05, 0) is 50.6 Å². The predicted octanol–water partition coefficient (Wildman–Crippen LogP) is 2.50. The molecule has 0 aromatic carbocycles. The van der Waals surface area contributed by atoms with E-state index in [-0.39, 0.29) is 11.9 Å². The fourth-order valence-corrected chi connectivity index (χ4v) is 6.07. The van der Waals surface area contributed by atoms with Gasteiger partial charge in [-0.15, -0.1) is 0 Å². The van der Waals surface area contributed by atoms with Crippen molar-refractivity contribution in [2.45, 2.75) is 44.6 Å². The number of rotatable bonds is 7. The van der Waals surface area contributed by atoms with Crippen LogP contribution in [0.3, 0.4) is 0 Å². The van der Waals surface area contributed by atoms with Crippen molar-refractivity contribution >= 4 is 17.7 Å². The maximum Gasteiger partial charge on any atom is 0.414 e. The highest BCUT2D eigenvalue weighted by molar-refractivity contribution is 5.70. The molecule has 0 atom stereocenters. The maximum absolute atomic E-state index is 12.4. The largest absolute Gasteiger partial charge is 0.489 e. The smallest absolute Gasteiger partial charge is 0.414 e. The fourth-order valence-electron chi connectivity index (χ4n) is 6.07. The number of piperazine rings is 1. The van der Waals surface area contributed by atoms with Crippen molar-refractivity contribution in [3.05, 3.63) is 30.2 Å². The van der Waals surface area contributed by atoms with Gasteiger partial charge in [0.2, 0.25) is 5.88 Å². The molecule has 11 nitrogen and oxygen atoms in total. The molecule has 3 fully saturated rings. The minimum Gasteiger partial charge on any atom is -0.489 e. The molecule has 3 aliphatic heterocycles. The first-order chi connectivity index (χ1) is 19.2. The van der Waals surface area contributed by atoms with Gasteiger partial charge in [0.15, 0.2) is 11.6 Å². The first-order valence-electron chi connectivity index (χ1n) is 14.4. The van der Waals surface area contributed by atoms with Gasteiger partial charge in [-0.1, -0.05) is 0 Å². The molecule has 2 saturated heterocycles. The number of fused-ring (bicyclic) bond motifs is 1. The summed E-state index contributed by atoms with van der Waals surface area (Å²) >= 11 is 0. The van der Waals surface area contributed by atoms with Gasteiger partial charge in [-0.2, -0.15) is 0 Å². The van der Waals surface area contributed by atoms with Crippen molar-refractivity contribution in [2.75, 3.05) is 75.4 Å². The summed E-state index contributed by atoms with van der Waals surface area (Å²) in [4.78, 5) is 32.8. The number of aromatic nitrogens is 3. The monoisotopic (exact) mass is 537 g/mol. The lowest BCUT2D eigenvalue weighted by Gasteiger charge is -2.37. The zero-order chi connectivity index (χ0) is 26.4. The highest BCUT2D eigenvalue weighted by Gasteiger charge is 2.27. The lowest BCUT2D eigenvalue weighted by molar-refractivity contribution is 0.122. The lowest BCUT2D eigenvalue weighted by Crippen LogP contribution is -2.47. The molecule has 1 saturated carbocycles. The summed E-state index contributed by atoms with van der Waals surface area (Å²) in [5.74, 6) is 3.72. The van der Waals surface area contributed by atoms with E-state index in [0.29, 0.717) is 19.1 Å². The van der Waals surface area contributed by atoms with Crippen molar-refractivity contribution in [1.29, 1.82) is 0 Å². The van der Waals surface area contributed by atoms with Gasteiger partial charge in [0.05, 0.1) is 32.2 Å². The lowest BCUT2D eigenvalue weighted by atomic mass is 9.84. The molecule has 1 aliphatic carbocycles. The van der Waals surface area contributed by atoms with Crippen LogP contribution in [0, 0.1) is 5.92 Å². The van der Waals surface area contributed by atoms with Crippen LogP contribution in [0.2, 0.25) is 0 Å². The quantitative estimate of drug-likeness (QED) is 0.566. The van der Waals surface area contributed by atoms with Gasteiger partial charge in [0.1, 0.15) is 5.82 Å². The summed E-state index contributed by atoms with van der Waals surface area (Å²) in [6.45, 7) is 8.96. The number of carbonyl (C=O) groups is 1. The highest BCUT2D eigenvalue weighted by Crippen LogP contribution is 2.34. The maximum atomic E-state index is 12.4. The Morgan fingerprint density at radius 1 is 0.949 bits per heavy atom. The standard InChI is InChI=1S/C28H39N7O4/c36-28(39-25-20-30-24(19-31-25)34-14-17-37-18-15-34)32-23-3-1-21(2-4-23)6-9-33-10-12-35(13-11-33)27-26-22(5-8-29-27)7-16-38-26/h5,8,19-21,23H,1-4,6-7,9-18H2,(H,32,36)/t21-,23-. The Morgan fingerprint density at radius 3 is 2.54 bits per heavy atom. The fraction of sp³-hybridized carbons (Fsp3) is 0.643. The zero-order valence-corrected chi connectivity index (χ0v) is 22.6. The molecule has 4 aliphatic rings. The Hall–Kier alpha value is -3.18. The molecule has 0 unspecified atom stereocenters. The van der Waals surface area contributed by atoms with E-state index in [1.54, 1.807) is 6.20 Å². The number of nitrogens with zero attached hydrogens (tertiary/aromatic N) is 6. The summed E-state index contributed by atoms with van der Waals surface area (Å²) in [5.41, 5.74) is 1.28. The van der Waals surface area contributed by atoms with E-state index in [1.807, 2.05) is 6.20 Å². The number of anilines is 2. The molecule has 5 heterocycles. The van der Waals surface area contributed by atoms with Gasteiger partial charge in [-0.25, -0.2) is 19.7 Å². The Bertz CT molecular complexity index is 1100. The van der Waals surface area contributed by atoms with E-state index in [2.05, 4.69) is 41.0 Å². The second-order valence-corrected chi connectivity index (χ2v) is 10.9. The third kappa shape index (κ3) is 6.52. The minimum atomic E-state index is -0.450. The van der Waals surface area contributed by atoms with Crippen LogP contribution >= 0.6 is 0 Å². The summed E-state index contributed by atoms with van der Waals surface area (Å²) in [6.07, 6.45) is 11.1. The predicted molar refractivity (Wildman–Crippen MR) is 147 cm³/mol. The number of pyridine rings is 1. The number of morpholine rings is 1. The molecule has 0 bridgehead atoms. The van der Waals surface area contributed by atoms with Gasteiger partial charge < -0.3 is 29.3 Å². The first kappa shape index (κ1) is 26.1. The second-order valence-electron chi connectivity index (χ2n) is 10.9. The number of ether oxygens (including phenoxy) is 3. The van der Waals surface area contributed by atoms with Crippen molar-refractivity contribution in [2.24, 2.45) is 5.92 Å². The molecule has 210 valence electrons. The van der Waals surface area contributed by atoms with E-state index in [1.165, 1.54) is 18.2 Å². The summed E-state index contributed by atoms with van der Waals surface area (Å²) in [6, 6.07) is 2.23. The molecule has 6 rings (SSSR count). The van der Waals surface area contributed by atoms with Gasteiger partial charge in [0, 0.05) is 63.5 Å². The van der Waals surface area contributed by atoms with Gasteiger partial charge >= 0.3 is 6.09 Å². The Labute approximate surface area is 229 Å². The molecule has 0 spiro atoms. The normalized spacial score (nSPS) is 23.7. The third-order valence-electron chi connectivity index (χ3n) is 8.43. The van der Waals surface area contributed by atoms with Crippen molar-refractivity contribution in [1.82, 2.24) is 25.2 Å². The van der Waals surface area contributed by atoms with Crippen molar-refractivity contribution < 1.29 is 19.0 Å². The number of hydrogen-bond donors (Lipinski definition) is 1. The first-order valence-corrected chi connectivity index (χ1v) is 14.4. The molecular weight excluding hydrogens is 498 g/mol. The van der Waals surface area contributed by atoms with Crippen LogP contribution < -0.4 is 24.6 Å². The van der Waals surface area contributed by atoms with Crippen LogP contribution in [0.1, 0.15) is 37.7 Å². The molecule has 2 aromatic rings. The number of nitrogens with one attached hydrogen (secondary N) is 1. The van der Waals surface area contributed by atoms with Crippen LogP contribution in [0.15, 0.2) is 24.7 Å². The average molecular weight is 538 g/mol. The molecule has 1 N–H and O–H groups in total. The van der Waals surface area contributed by atoms with E-state index in [0.717, 1.165) is 102 Å². The number of carbonyl (C=O) groups excluding carboxylic acids is 1. The highest BCUT2D eigenvalue weighted by atomic mass is 16.6. The molecular formula is C28H39N7O4. The van der Waals surface area contributed by atoms with Crippen LogP contribution in [0.5, 0.6) is 11.6 Å². The zero-order valence-electron chi connectivity index (χ0n) is 22.6. The van der Waals surface area contributed by atoms with Crippen LogP contribution in [-0.2, 0) is 11.2 Å². The number of amides is 1. The third-order valence-corrected chi connectivity index (χ3v) is 8.43. The summed E-state index contributed by atoms with van der Waals surface area (Å²) in [7, 11) is 0. The molecule has 0 radical (unpaired) electrons. The van der Waals surface area contributed by atoms with Crippen molar-refractivity contribution in [3.8, 4) is 11.6 Å². The SMILES string of the molecule is O=C(N[C@H]1CC[C@H](CCN2CCN(c3nccc4c3OCC4)CC2)CC1)Oc1cnc(N2CCOCC2)cn1. The molecule has 11 heteroatoms. The Balaban J connectivity index is 0.874. The van der Waals surface area contributed by atoms with Crippen LogP contribution in [-0.4, -0.2) is 97.6 Å². The minimum absolute atomic E-state index is 0.153. The second kappa shape index (κ2) is 12.3. The van der Waals surface area contributed by atoms with E-state index in [4.69, 9.17) is 14.2 Å². The average Bonchev–Trinajstić information content (AvgIpc) is 3.47. The van der Waals surface area contributed by atoms with Crippen LogP contribution in [0.25, 0.3) is 0 Å². The van der Waals surface area contributed by atoms with Crippen LogP contribution in [0.4, 0.5) is 16.4 Å². The summed E-state index contributed by atoms with van der Waals surface area (Å²) in [5, 5.41) is 3.02. The van der Waals surface area contributed by atoms with Gasteiger partial charge in [-0.3, -0.25) is 4.90 Å². The van der Waals surface area contributed by atoms with Gasteiger partial charge in [0.25, 0.3) is 0 Å². The Morgan fingerprint density at radius 2 is 1.77 bits per heavy atom. The van der Waals surface area contributed by atoms with E-state index in [9.17, 15) is 4.79 Å². The van der Waals surface area contributed by atoms with E-state index >= 15 is 0 Å². The topological polar surface area (TPSA) is 105 Å². The molecule has 1 amide bonds. The summed E-state index contributed by atoms with van der Waals surface area (Å²) < 4.78 is 16.6. The Kier molecular flexibility index (Phi) is 8.24. The molecule has 2 aromatic heterocycles.